The third-order valence-electron chi connectivity index (χ3n) is 5.47. The normalized spacial score (nSPS) is 38.2. The van der Waals surface area contributed by atoms with E-state index in [2.05, 4.69) is 26.1 Å². The minimum absolute atomic E-state index is 0.253. The predicted octanol–water partition coefficient (Wildman–Crippen LogP) is 2.23. The van der Waals surface area contributed by atoms with Crippen LogP contribution in [0.15, 0.2) is 0 Å². The Morgan fingerprint density at radius 1 is 1.28 bits per heavy atom. The van der Waals surface area contributed by atoms with Crippen molar-refractivity contribution in [3.05, 3.63) is 0 Å². The molecule has 0 aliphatic heterocycles. The highest BCUT2D eigenvalue weighted by atomic mass is 32.2. The molecular weight excluding hydrogens is 246 g/mol. The van der Waals surface area contributed by atoms with Crippen molar-refractivity contribution in [3.63, 3.8) is 0 Å². The van der Waals surface area contributed by atoms with Crippen LogP contribution in [0.3, 0.4) is 0 Å². The maximum Gasteiger partial charge on any atom is 0.151 e. The summed E-state index contributed by atoms with van der Waals surface area (Å²) in [5.41, 5.74) is 0.688. The Morgan fingerprint density at radius 3 is 2.44 bits per heavy atom. The molecule has 2 aliphatic carbocycles. The molecule has 4 heteroatoms. The summed E-state index contributed by atoms with van der Waals surface area (Å²) in [7, 11) is -2.84. The zero-order valence-electron chi connectivity index (χ0n) is 12.1. The van der Waals surface area contributed by atoms with Gasteiger partial charge >= 0.3 is 0 Å². The molecule has 3 nitrogen and oxygen atoms in total. The fraction of sp³-hybridized carbons (Fsp3) is 1.00. The average Bonchev–Trinajstić information content (AvgIpc) is 2.74. The van der Waals surface area contributed by atoms with E-state index in [1.807, 2.05) is 0 Å². The average molecular weight is 273 g/mol. The molecule has 106 valence electrons. The number of sulfone groups is 1. The van der Waals surface area contributed by atoms with Crippen LogP contribution in [-0.2, 0) is 9.84 Å². The second-order valence-electron chi connectivity index (χ2n) is 7.04. The zero-order chi connectivity index (χ0) is 13.6. The molecule has 2 rings (SSSR count). The molecule has 0 radical (unpaired) electrons. The van der Waals surface area contributed by atoms with Crippen LogP contribution in [0, 0.1) is 16.7 Å². The Kier molecular flexibility index (Phi) is 3.56. The van der Waals surface area contributed by atoms with Gasteiger partial charge in [-0.3, -0.25) is 0 Å². The van der Waals surface area contributed by atoms with Crippen molar-refractivity contribution >= 4 is 9.84 Å². The van der Waals surface area contributed by atoms with E-state index in [0.29, 0.717) is 23.4 Å². The molecule has 0 spiro atoms. The molecule has 0 saturated heterocycles. The monoisotopic (exact) mass is 273 g/mol. The molecule has 0 aromatic rings. The fourth-order valence-electron chi connectivity index (χ4n) is 4.31. The van der Waals surface area contributed by atoms with Gasteiger partial charge in [0.05, 0.1) is 5.75 Å². The lowest BCUT2D eigenvalue weighted by Gasteiger charge is -2.43. The molecular formula is C14H27NO2S. The smallest absolute Gasteiger partial charge is 0.151 e. The summed E-state index contributed by atoms with van der Waals surface area (Å²) in [4.78, 5) is 0. The number of fused-ring (bicyclic) bond motifs is 2. The van der Waals surface area contributed by atoms with Crippen molar-refractivity contribution < 1.29 is 8.42 Å². The lowest BCUT2D eigenvalue weighted by Crippen LogP contribution is -2.51. The Labute approximate surface area is 112 Å². The lowest BCUT2D eigenvalue weighted by atomic mass is 9.68. The molecule has 1 N–H and O–H groups in total. The van der Waals surface area contributed by atoms with Crippen molar-refractivity contribution in [2.75, 3.05) is 18.1 Å². The number of hydrogen-bond donors (Lipinski definition) is 1. The van der Waals surface area contributed by atoms with Crippen LogP contribution >= 0.6 is 0 Å². The molecule has 2 saturated carbocycles. The van der Waals surface area contributed by atoms with Gasteiger partial charge in [-0.1, -0.05) is 27.7 Å². The molecule has 18 heavy (non-hydrogen) atoms. The van der Waals surface area contributed by atoms with Gasteiger partial charge in [0.1, 0.15) is 0 Å². The van der Waals surface area contributed by atoms with Crippen LogP contribution in [0.5, 0.6) is 0 Å². The summed E-state index contributed by atoms with van der Waals surface area (Å²) in [5, 5.41) is 3.56. The molecule has 0 amide bonds. The van der Waals surface area contributed by atoms with Crippen LogP contribution in [0.25, 0.3) is 0 Å². The van der Waals surface area contributed by atoms with Gasteiger partial charge in [0, 0.05) is 18.3 Å². The Morgan fingerprint density at radius 2 is 1.94 bits per heavy atom. The first kappa shape index (κ1) is 14.3. The molecule has 2 bridgehead atoms. The summed E-state index contributed by atoms with van der Waals surface area (Å²) < 4.78 is 23.1. The topological polar surface area (TPSA) is 46.2 Å². The third kappa shape index (κ3) is 2.34. The Balaban J connectivity index is 1.97. The van der Waals surface area contributed by atoms with E-state index in [9.17, 15) is 8.42 Å². The van der Waals surface area contributed by atoms with Gasteiger partial charge in [-0.05, 0) is 36.0 Å². The lowest BCUT2D eigenvalue weighted by molar-refractivity contribution is 0.111. The van der Waals surface area contributed by atoms with E-state index in [1.54, 1.807) is 6.92 Å². The Hall–Kier alpha value is -0.0900. The predicted molar refractivity (Wildman–Crippen MR) is 75.3 cm³/mol. The molecule has 2 fully saturated rings. The van der Waals surface area contributed by atoms with E-state index < -0.39 is 9.84 Å². The largest absolute Gasteiger partial charge is 0.312 e. The summed E-state index contributed by atoms with van der Waals surface area (Å²) in [6.07, 6.45) is 3.94. The van der Waals surface area contributed by atoms with Crippen molar-refractivity contribution in [3.8, 4) is 0 Å². The van der Waals surface area contributed by atoms with Gasteiger partial charge in [0.25, 0.3) is 0 Å². The van der Waals surface area contributed by atoms with Gasteiger partial charge in [-0.25, -0.2) is 8.42 Å². The molecule has 3 atom stereocenters. The van der Waals surface area contributed by atoms with Crippen LogP contribution in [-0.4, -0.2) is 32.5 Å². The SMILES string of the molecule is CCS(=O)(=O)CCNC1C2(C)CCC(C2)C1(C)C. The first-order valence-corrected chi connectivity index (χ1v) is 8.97. The van der Waals surface area contributed by atoms with Crippen molar-refractivity contribution in [1.29, 1.82) is 0 Å². The quantitative estimate of drug-likeness (QED) is 0.835. The third-order valence-corrected chi connectivity index (χ3v) is 7.18. The van der Waals surface area contributed by atoms with Crippen LogP contribution in [0.2, 0.25) is 0 Å². The van der Waals surface area contributed by atoms with Gasteiger partial charge < -0.3 is 5.32 Å². The minimum Gasteiger partial charge on any atom is -0.312 e. The second-order valence-corrected chi connectivity index (χ2v) is 9.51. The molecule has 0 aromatic carbocycles. The number of hydrogen-bond acceptors (Lipinski definition) is 3. The zero-order valence-corrected chi connectivity index (χ0v) is 12.9. The fourth-order valence-corrected chi connectivity index (χ4v) is 5.03. The molecule has 3 unspecified atom stereocenters. The van der Waals surface area contributed by atoms with E-state index in [-0.39, 0.29) is 11.5 Å². The van der Waals surface area contributed by atoms with Gasteiger partial charge in [0.2, 0.25) is 0 Å². The van der Waals surface area contributed by atoms with E-state index in [1.165, 1.54) is 19.3 Å². The van der Waals surface area contributed by atoms with Crippen molar-refractivity contribution in [1.82, 2.24) is 5.32 Å². The van der Waals surface area contributed by atoms with E-state index in [0.717, 1.165) is 5.92 Å². The maximum absolute atomic E-state index is 11.5. The Bertz CT molecular complexity index is 411. The van der Waals surface area contributed by atoms with Crippen molar-refractivity contribution in [2.45, 2.75) is 53.0 Å². The second kappa shape index (κ2) is 4.48. The maximum atomic E-state index is 11.5. The summed E-state index contributed by atoms with van der Waals surface area (Å²) in [6, 6.07) is 0.468. The first-order chi connectivity index (χ1) is 8.21. The highest BCUT2D eigenvalue weighted by Gasteiger charge is 2.58. The summed E-state index contributed by atoms with van der Waals surface area (Å²) in [6.45, 7) is 9.38. The van der Waals surface area contributed by atoms with Gasteiger partial charge in [-0.2, -0.15) is 0 Å². The van der Waals surface area contributed by atoms with Crippen molar-refractivity contribution in [2.24, 2.45) is 16.7 Å². The minimum atomic E-state index is -2.84. The van der Waals surface area contributed by atoms with Gasteiger partial charge in [0.15, 0.2) is 9.84 Å². The first-order valence-electron chi connectivity index (χ1n) is 7.15. The molecule has 0 aromatic heterocycles. The van der Waals surface area contributed by atoms with Crippen LogP contribution in [0.1, 0.15) is 47.0 Å². The molecule has 2 aliphatic rings. The van der Waals surface area contributed by atoms with Crippen LogP contribution in [0.4, 0.5) is 0 Å². The standard InChI is InChI=1S/C14H27NO2S/c1-5-18(16,17)9-8-15-12-13(2,3)11-6-7-14(12,4)10-11/h11-12,15H,5-10H2,1-4H3. The highest BCUT2D eigenvalue weighted by Crippen LogP contribution is 2.62. The van der Waals surface area contributed by atoms with Gasteiger partial charge in [-0.15, -0.1) is 0 Å². The number of rotatable bonds is 5. The number of nitrogens with one attached hydrogen (secondary N) is 1. The van der Waals surface area contributed by atoms with E-state index >= 15 is 0 Å². The van der Waals surface area contributed by atoms with E-state index in [4.69, 9.17) is 0 Å². The highest BCUT2D eigenvalue weighted by molar-refractivity contribution is 7.91. The molecule has 0 heterocycles. The summed E-state index contributed by atoms with van der Waals surface area (Å²) >= 11 is 0. The summed E-state index contributed by atoms with van der Waals surface area (Å²) in [5.74, 6) is 1.34. The van der Waals surface area contributed by atoms with Crippen LogP contribution < -0.4 is 5.32 Å².